The van der Waals surface area contributed by atoms with Gasteiger partial charge in [0.05, 0.1) is 11.2 Å². The SMILES string of the molecule is [Ir].[c-]1ccc(-c2cccc3cccnc23)c2ccn3ccnc3c12. The van der Waals surface area contributed by atoms with Crippen LogP contribution >= 0.6 is 0 Å². The number of nitrogens with zero attached hydrogens (tertiary/aromatic N) is 3. The van der Waals surface area contributed by atoms with Crippen LogP contribution in [0.5, 0.6) is 0 Å². The molecule has 0 saturated carbocycles. The second-order valence-electron chi connectivity index (χ2n) is 5.53. The van der Waals surface area contributed by atoms with Crippen LogP contribution in [-0.2, 0) is 20.1 Å². The first-order valence-corrected chi connectivity index (χ1v) is 7.52. The molecular weight excluding hydrogens is 474 g/mol. The Morgan fingerprint density at radius 3 is 2.71 bits per heavy atom. The third-order valence-corrected chi connectivity index (χ3v) is 4.25. The molecule has 117 valence electrons. The van der Waals surface area contributed by atoms with Gasteiger partial charge >= 0.3 is 0 Å². The van der Waals surface area contributed by atoms with Crippen LogP contribution in [0.4, 0.5) is 0 Å². The molecule has 3 aromatic heterocycles. The van der Waals surface area contributed by atoms with E-state index in [-0.39, 0.29) is 20.1 Å². The first kappa shape index (κ1) is 15.0. The molecule has 24 heavy (non-hydrogen) atoms. The van der Waals surface area contributed by atoms with Gasteiger partial charge in [-0.15, -0.1) is 23.6 Å². The molecule has 2 aromatic carbocycles. The van der Waals surface area contributed by atoms with E-state index in [9.17, 15) is 0 Å². The molecule has 0 aliphatic carbocycles. The fraction of sp³-hybridized carbons (Fsp3) is 0. The topological polar surface area (TPSA) is 30.2 Å². The normalized spacial score (nSPS) is 11.0. The first-order valence-electron chi connectivity index (χ1n) is 7.52. The summed E-state index contributed by atoms with van der Waals surface area (Å²) in [6.07, 6.45) is 7.65. The number of benzene rings is 2. The van der Waals surface area contributed by atoms with Gasteiger partial charge in [-0.3, -0.25) is 9.97 Å². The molecule has 1 radical (unpaired) electrons. The van der Waals surface area contributed by atoms with Crippen molar-refractivity contribution in [3.63, 3.8) is 0 Å². The molecule has 5 aromatic rings. The monoisotopic (exact) mass is 487 g/mol. The molecule has 0 atom stereocenters. The Kier molecular flexibility index (Phi) is 3.64. The van der Waals surface area contributed by atoms with Gasteiger partial charge in [-0.25, -0.2) is 0 Å². The van der Waals surface area contributed by atoms with Crippen molar-refractivity contribution in [1.29, 1.82) is 0 Å². The van der Waals surface area contributed by atoms with Crippen LogP contribution in [0, 0.1) is 6.07 Å². The maximum absolute atomic E-state index is 4.59. The summed E-state index contributed by atoms with van der Waals surface area (Å²) < 4.78 is 2.02. The van der Waals surface area contributed by atoms with Crippen LogP contribution in [-0.4, -0.2) is 14.4 Å². The average Bonchev–Trinajstić information content (AvgIpc) is 3.10. The van der Waals surface area contributed by atoms with Crippen LogP contribution in [0.1, 0.15) is 0 Å². The molecule has 4 heteroatoms. The van der Waals surface area contributed by atoms with Crippen molar-refractivity contribution >= 4 is 27.3 Å². The zero-order valence-corrected chi connectivity index (χ0v) is 15.0. The van der Waals surface area contributed by atoms with E-state index in [1.807, 2.05) is 41.3 Å². The van der Waals surface area contributed by atoms with Gasteiger partial charge in [0.15, 0.2) is 0 Å². The van der Waals surface area contributed by atoms with E-state index < -0.39 is 0 Å². The van der Waals surface area contributed by atoms with Gasteiger partial charge in [-0.2, -0.15) is 0 Å². The quantitative estimate of drug-likeness (QED) is 0.327. The maximum atomic E-state index is 4.59. The van der Waals surface area contributed by atoms with Gasteiger partial charge in [-0.05, 0) is 17.8 Å². The molecule has 0 bridgehead atoms. The third-order valence-electron chi connectivity index (χ3n) is 4.25. The minimum atomic E-state index is 0. The van der Waals surface area contributed by atoms with E-state index in [4.69, 9.17) is 0 Å². The van der Waals surface area contributed by atoms with Gasteiger partial charge in [0, 0.05) is 44.1 Å². The molecule has 0 saturated heterocycles. The van der Waals surface area contributed by atoms with E-state index in [2.05, 4.69) is 52.4 Å². The Morgan fingerprint density at radius 1 is 0.833 bits per heavy atom. The molecule has 3 heterocycles. The van der Waals surface area contributed by atoms with Crippen molar-refractivity contribution in [2.45, 2.75) is 0 Å². The molecule has 0 aliphatic heterocycles. The van der Waals surface area contributed by atoms with Gasteiger partial charge in [0.2, 0.25) is 0 Å². The van der Waals surface area contributed by atoms with Crippen molar-refractivity contribution in [3.8, 4) is 11.1 Å². The van der Waals surface area contributed by atoms with E-state index in [1.165, 1.54) is 0 Å². The summed E-state index contributed by atoms with van der Waals surface area (Å²) in [5.41, 5.74) is 4.25. The molecule has 0 N–H and O–H groups in total. The summed E-state index contributed by atoms with van der Waals surface area (Å²) in [5.74, 6) is 0. The average molecular weight is 487 g/mol. The largest absolute Gasteiger partial charge is 0.347 e. The number of hydrogen-bond donors (Lipinski definition) is 0. The third kappa shape index (κ3) is 2.15. The van der Waals surface area contributed by atoms with Crippen LogP contribution in [0.2, 0.25) is 0 Å². The summed E-state index contributed by atoms with van der Waals surface area (Å²) in [7, 11) is 0. The summed E-state index contributed by atoms with van der Waals surface area (Å²) in [4.78, 5) is 9.05. The molecule has 3 nitrogen and oxygen atoms in total. The van der Waals surface area contributed by atoms with E-state index in [1.54, 1.807) is 0 Å². The number of aromatic nitrogens is 3. The Hall–Kier alpha value is -2.55. The number of pyridine rings is 2. The molecule has 0 amide bonds. The Balaban J connectivity index is 0.00000146. The molecule has 0 fully saturated rings. The number of hydrogen-bond acceptors (Lipinski definition) is 2. The Labute approximate surface area is 152 Å². The summed E-state index contributed by atoms with van der Waals surface area (Å²) in [5, 5.41) is 3.32. The Morgan fingerprint density at radius 2 is 1.75 bits per heavy atom. The predicted molar refractivity (Wildman–Crippen MR) is 92.3 cm³/mol. The molecule has 0 unspecified atom stereocenters. The molecule has 5 rings (SSSR count). The van der Waals surface area contributed by atoms with Gasteiger partial charge in [0.1, 0.15) is 0 Å². The van der Waals surface area contributed by atoms with Gasteiger partial charge in [-0.1, -0.05) is 41.3 Å². The number of fused-ring (bicyclic) bond motifs is 4. The molecular formula is C20H12IrN3-. The smallest absolute Gasteiger partial charge is 0.0764 e. The summed E-state index contributed by atoms with van der Waals surface area (Å²) in [6.45, 7) is 0. The van der Waals surface area contributed by atoms with Gasteiger partial charge in [0.25, 0.3) is 0 Å². The fourth-order valence-electron chi connectivity index (χ4n) is 3.21. The van der Waals surface area contributed by atoms with Crippen molar-refractivity contribution in [1.82, 2.24) is 14.4 Å². The van der Waals surface area contributed by atoms with Crippen molar-refractivity contribution in [3.05, 3.63) is 79.4 Å². The molecule has 0 aliphatic rings. The van der Waals surface area contributed by atoms with Crippen LogP contribution < -0.4 is 0 Å². The fourth-order valence-corrected chi connectivity index (χ4v) is 3.21. The van der Waals surface area contributed by atoms with E-state index in [0.29, 0.717) is 0 Å². The van der Waals surface area contributed by atoms with E-state index in [0.717, 1.165) is 38.4 Å². The van der Waals surface area contributed by atoms with Crippen molar-refractivity contribution in [2.24, 2.45) is 0 Å². The zero-order chi connectivity index (χ0) is 15.2. The molecule has 0 spiro atoms. The van der Waals surface area contributed by atoms with Gasteiger partial charge < -0.3 is 4.40 Å². The minimum absolute atomic E-state index is 0. The summed E-state index contributed by atoms with van der Waals surface area (Å²) >= 11 is 0. The van der Waals surface area contributed by atoms with Crippen LogP contribution in [0.3, 0.4) is 0 Å². The number of imidazole rings is 1. The first-order chi connectivity index (χ1) is 11.4. The van der Waals surface area contributed by atoms with Crippen LogP contribution in [0.25, 0.3) is 38.4 Å². The standard InChI is InChI=1S/C20H12N3.Ir/c1-4-14-5-3-10-21-19(14)17(7-1)15-6-2-8-18-16(15)9-12-23-13-11-22-20(18)23;/h1-7,9-13H;/q-1;. The zero-order valence-electron chi connectivity index (χ0n) is 12.6. The minimum Gasteiger partial charge on any atom is -0.347 e. The summed E-state index contributed by atoms with van der Waals surface area (Å²) in [6, 6.07) is 19.9. The predicted octanol–water partition coefficient (Wildman–Crippen LogP) is 4.50. The van der Waals surface area contributed by atoms with E-state index >= 15 is 0 Å². The second kappa shape index (κ2) is 5.82. The maximum Gasteiger partial charge on any atom is 0.0764 e. The Bertz CT molecular complexity index is 1170. The second-order valence-corrected chi connectivity index (χ2v) is 5.53. The van der Waals surface area contributed by atoms with Crippen molar-refractivity contribution in [2.75, 3.05) is 0 Å². The number of rotatable bonds is 1. The number of para-hydroxylation sites is 1. The van der Waals surface area contributed by atoms with Crippen LogP contribution in [0.15, 0.2) is 73.3 Å². The van der Waals surface area contributed by atoms with Crippen molar-refractivity contribution < 1.29 is 20.1 Å².